The second-order valence-electron chi connectivity index (χ2n) is 6.27. The minimum absolute atomic E-state index is 0.288. The lowest BCUT2D eigenvalue weighted by molar-refractivity contribution is 0.474. The molecule has 0 heterocycles. The second-order valence-corrected chi connectivity index (χ2v) is 7.19. The van der Waals surface area contributed by atoms with E-state index in [0.717, 1.165) is 23.0 Å². The highest BCUT2D eigenvalue weighted by atomic mass is 79.9. The van der Waals surface area contributed by atoms with Gasteiger partial charge in [0.2, 0.25) is 0 Å². The topological polar surface area (TPSA) is 32.6 Å². The number of nitrogens with zero attached hydrogens (tertiary/aromatic N) is 1. The molecule has 1 aromatic rings. The van der Waals surface area contributed by atoms with Gasteiger partial charge in [0.05, 0.1) is 0 Å². The van der Waals surface area contributed by atoms with Crippen LogP contribution in [0.15, 0.2) is 27.7 Å². The van der Waals surface area contributed by atoms with Crippen LogP contribution in [0.2, 0.25) is 0 Å². The van der Waals surface area contributed by atoms with Crippen molar-refractivity contribution < 1.29 is 5.11 Å². The molecule has 0 bridgehead atoms. The molecule has 0 aliphatic heterocycles. The van der Waals surface area contributed by atoms with Crippen LogP contribution in [0, 0.1) is 0 Å². The first-order valence-corrected chi connectivity index (χ1v) is 10.0. The summed E-state index contributed by atoms with van der Waals surface area (Å²) in [5.74, 6) is 0.288. The molecule has 1 rings (SSSR count). The molecule has 2 nitrogen and oxygen atoms in total. The highest BCUT2D eigenvalue weighted by molar-refractivity contribution is 9.10. The molecule has 0 atom stereocenters. The van der Waals surface area contributed by atoms with Gasteiger partial charge in [0, 0.05) is 22.8 Å². The average molecular weight is 382 g/mol. The summed E-state index contributed by atoms with van der Waals surface area (Å²) >= 11 is 3.40. The number of hydrogen-bond acceptors (Lipinski definition) is 2. The Balaban J connectivity index is 1.95. The molecule has 0 saturated heterocycles. The van der Waals surface area contributed by atoms with Crippen molar-refractivity contribution >= 4 is 22.1 Å². The Labute approximate surface area is 150 Å². The summed E-state index contributed by atoms with van der Waals surface area (Å²) in [4.78, 5) is 4.41. The van der Waals surface area contributed by atoms with Crippen LogP contribution in [0.4, 0.5) is 0 Å². The van der Waals surface area contributed by atoms with Gasteiger partial charge in [-0.1, -0.05) is 87.1 Å². The van der Waals surface area contributed by atoms with E-state index < -0.39 is 0 Å². The number of phenols is 1. The van der Waals surface area contributed by atoms with E-state index in [1.54, 1.807) is 12.3 Å². The monoisotopic (exact) mass is 381 g/mol. The number of rotatable bonds is 13. The van der Waals surface area contributed by atoms with Crippen LogP contribution in [-0.2, 0) is 0 Å². The SMILES string of the molecule is CCCCCCCCCCCCCN=Cc1cc(Br)ccc1O. The van der Waals surface area contributed by atoms with Crippen LogP contribution in [0.5, 0.6) is 5.75 Å². The Hall–Kier alpha value is -0.830. The highest BCUT2D eigenvalue weighted by Gasteiger charge is 1.98. The maximum absolute atomic E-state index is 9.71. The van der Waals surface area contributed by atoms with E-state index in [4.69, 9.17) is 0 Å². The number of halogens is 1. The predicted molar refractivity (Wildman–Crippen MR) is 105 cm³/mol. The fourth-order valence-electron chi connectivity index (χ4n) is 2.66. The summed E-state index contributed by atoms with van der Waals surface area (Å²) < 4.78 is 0.964. The molecule has 1 aromatic carbocycles. The van der Waals surface area contributed by atoms with Gasteiger partial charge in [0.25, 0.3) is 0 Å². The molecule has 0 aliphatic rings. The van der Waals surface area contributed by atoms with Gasteiger partial charge in [0.1, 0.15) is 5.75 Å². The number of phenolic OH excluding ortho intramolecular Hbond substituents is 1. The van der Waals surface area contributed by atoms with Crippen molar-refractivity contribution in [3.63, 3.8) is 0 Å². The Morgan fingerprint density at radius 2 is 1.48 bits per heavy atom. The predicted octanol–water partition coefficient (Wildman–Crippen LogP) is 6.88. The van der Waals surface area contributed by atoms with Crippen molar-refractivity contribution in [1.29, 1.82) is 0 Å². The summed E-state index contributed by atoms with van der Waals surface area (Å²) in [6.07, 6.45) is 16.7. The summed E-state index contributed by atoms with van der Waals surface area (Å²) in [6.45, 7) is 3.12. The van der Waals surface area contributed by atoms with E-state index >= 15 is 0 Å². The normalized spacial score (nSPS) is 11.4. The van der Waals surface area contributed by atoms with E-state index in [1.165, 1.54) is 64.2 Å². The molecular formula is C20H32BrNO. The third-order valence-electron chi connectivity index (χ3n) is 4.11. The van der Waals surface area contributed by atoms with Gasteiger partial charge in [-0.3, -0.25) is 4.99 Å². The first-order valence-electron chi connectivity index (χ1n) is 9.22. The highest BCUT2D eigenvalue weighted by Crippen LogP contribution is 2.20. The van der Waals surface area contributed by atoms with Gasteiger partial charge in [-0.2, -0.15) is 0 Å². The largest absolute Gasteiger partial charge is 0.507 e. The summed E-state index contributed by atoms with van der Waals surface area (Å²) in [5.41, 5.74) is 0.780. The van der Waals surface area contributed by atoms with Crippen LogP contribution in [0.25, 0.3) is 0 Å². The quantitative estimate of drug-likeness (QED) is 0.293. The van der Waals surface area contributed by atoms with Crippen molar-refractivity contribution in [1.82, 2.24) is 0 Å². The minimum atomic E-state index is 0.288. The maximum atomic E-state index is 9.71. The summed E-state index contributed by atoms with van der Waals surface area (Å²) in [6, 6.07) is 5.41. The molecule has 0 radical (unpaired) electrons. The summed E-state index contributed by atoms with van der Waals surface area (Å²) in [7, 11) is 0. The van der Waals surface area contributed by atoms with Crippen molar-refractivity contribution in [3.8, 4) is 5.75 Å². The number of benzene rings is 1. The molecule has 130 valence electrons. The zero-order chi connectivity index (χ0) is 16.8. The van der Waals surface area contributed by atoms with Gasteiger partial charge in [0.15, 0.2) is 0 Å². The van der Waals surface area contributed by atoms with Gasteiger partial charge >= 0.3 is 0 Å². The molecular weight excluding hydrogens is 350 g/mol. The smallest absolute Gasteiger partial charge is 0.124 e. The number of unbranched alkanes of at least 4 members (excludes halogenated alkanes) is 10. The van der Waals surface area contributed by atoms with Gasteiger partial charge < -0.3 is 5.11 Å². The standard InChI is InChI=1S/C20H32BrNO/c1-2-3-4-5-6-7-8-9-10-11-12-15-22-17-18-16-19(21)13-14-20(18)23/h13-14,16-17,23H,2-12,15H2,1H3. The molecule has 23 heavy (non-hydrogen) atoms. The Kier molecular flexibility index (Phi) is 11.9. The average Bonchev–Trinajstić information content (AvgIpc) is 2.55. The van der Waals surface area contributed by atoms with Crippen molar-refractivity contribution in [2.45, 2.75) is 77.6 Å². The van der Waals surface area contributed by atoms with Crippen molar-refractivity contribution in [2.24, 2.45) is 4.99 Å². The third-order valence-corrected chi connectivity index (χ3v) is 4.60. The van der Waals surface area contributed by atoms with E-state index in [1.807, 2.05) is 12.1 Å². The van der Waals surface area contributed by atoms with Crippen LogP contribution in [0.3, 0.4) is 0 Å². The molecule has 0 spiro atoms. The van der Waals surface area contributed by atoms with Crippen LogP contribution in [-0.4, -0.2) is 17.9 Å². The maximum Gasteiger partial charge on any atom is 0.124 e. The zero-order valence-electron chi connectivity index (χ0n) is 14.6. The van der Waals surface area contributed by atoms with Crippen LogP contribution >= 0.6 is 15.9 Å². The fraction of sp³-hybridized carbons (Fsp3) is 0.650. The second kappa shape index (κ2) is 13.6. The molecule has 3 heteroatoms. The first-order chi connectivity index (χ1) is 11.2. The molecule has 0 aromatic heterocycles. The van der Waals surface area contributed by atoms with Crippen molar-refractivity contribution in [3.05, 3.63) is 28.2 Å². The Morgan fingerprint density at radius 1 is 0.913 bits per heavy atom. The number of aliphatic imine (C=N–C) groups is 1. The Morgan fingerprint density at radius 3 is 2.09 bits per heavy atom. The van der Waals surface area contributed by atoms with Crippen LogP contribution in [0.1, 0.15) is 83.1 Å². The number of hydrogen-bond donors (Lipinski definition) is 1. The lowest BCUT2D eigenvalue weighted by Crippen LogP contribution is -1.87. The van der Waals surface area contributed by atoms with Gasteiger partial charge in [-0.05, 0) is 24.6 Å². The van der Waals surface area contributed by atoms with E-state index in [9.17, 15) is 5.11 Å². The zero-order valence-corrected chi connectivity index (χ0v) is 16.2. The lowest BCUT2D eigenvalue weighted by atomic mass is 10.1. The molecule has 1 N–H and O–H groups in total. The number of aromatic hydroxyl groups is 1. The van der Waals surface area contributed by atoms with Gasteiger partial charge in [-0.25, -0.2) is 0 Å². The molecule has 0 amide bonds. The fourth-order valence-corrected chi connectivity index (χ4v) is 3.04. The van der Waals surface area contributed by atoms with Crippen LogP contribution < -0.4 is 0 Å². The molecule has 0 unspecified atom stereocenters. The Bertz CT molecular complexity index is 445. The van der Waals surface area contributed by atoms with E-state index in [0.29, 0.717) is 0 Å². The van der Waals surface area contributed by atoms with E-state index in [2.05, 4.69) is 27.8 Å². The lowest BCUT2D eigenvalue weighted by Gasteiger charge is -2.02. The molecule has 0 aliphatic carbocycles. The van der Waals surface area contributed by atoms with Crippen molar-refractivity contribution in [2.75, 3.05) is 6.54 Å². The first kappa shape index (κ1) is 20.2. The third kappa shape index (κ3) is 10.5. The molecule has 0 saturated carbocycles. The summed E-state index contributed by atoms with van der Waals surface area (Å²) in [5, 5.41) is 9.71. The van der Waals surface area contributed by atoms with E-state index in [-0.39, 0.29) is 5.75 Å². The molecule has 0 fully saturated rings. The van der Waals surface area contributed by atoms with Gasteiger partial charge in [-0.15, -0.1) is 0 Å². The minimum Gasteiger partial charge on any atom is -0.507 e.